The lowest BCUT2D eigenvalue weighted by Crippen LogP contribution is -2.28. The Bertz CT molecular complexity index is 1360. The van der Waals surface area contributed by atoms with Gasteiger partial charge in [0, 0.05) is 25.6 Å². The van der Waals surface area contributed by atoms with Gasteiger partial charge in [-0.1, -0.05) is 44.2 Å². The number of carbonyl (C=O) groups is 3. The van der Waals surface area contributed by atoms with Gasteiger partial charge in [-0.3, -0.25) is 14.4 Å². The van der Waals surface area contributed by atoms with E-state index >= 15 is 0 Å². The predicted octanol–water partition coefficient (Wildman–Crippen LogP) is 4.61. The van der Waals surface area contributed by atoms with Crippen LogP contribution in [0.5, 0.6) is 0 Å². The molecule has 0 aliphatic rings. The van der Waals surface area contributed by atoms with Crippen molar-refractivity contribution in [3.05, 3.63) is 88.5 Å². The van der Waals surface area contributed by atoms with Crippen molar-refractivity contribution in [3.8, 4) is 5.69 Å². The van der Waals surface area contributed by atoms with Gasteiger partial charge in [0.15, 0.2) is 5.69 Å². The Morgan fingerprint density at radius 1 is 1.13 bits per heavy atom. The number of carbonyl (C=O) groups excluding carboxylic acids is 3. The van der Waals surface area contributed by atoms with Crippen LogP contribution < -0.4 is 0 Å². The van der Waals surface area contributed by atoms with Crippen molar-refractivity contribution >= 4 is 23.7 Å². The average Bonchev–Trinajstić information content (AvgIpc) is 3.28. The number of esters is 1. The predicted molar refractivity (Wildman–Crippen MR) is 146 cm³/mol. The number of amides is 1. The number of nitrogens with zero attached hydrogens (tertiary/aromatic N) is 3. The van der Waals surface area contributed by atoms with Gasteiger partial charge in [0.2, 0.25) is 0 Å². The summed E-state index contributed by atoms with van der Waals surface area (Å²) in [6.45, 7) is 6.23. The van der Waals surface area contributed by atoms with Gasteiger partial charge >= 0.3 is 5.97 Å². The molecule has 2 aromatic carbocycles. The van der Waals surface area contributed by atoms with E-state index in [1.807, 2.05) is 45.0 Å². The summed E-state index contributed by atoms with van der Waals surface area (Å²) in [6.07, 6.45) is 1.13. The smallest absolute Gasteiger partial charge is 0.313 e. The van der Waals surface area contributed by atoms with Gasteiger partial charge in [0.1, 0.15) is 18.0 Å². The second kappa shape index (κ2) is 13.1. The Hall–Kier alpha value is -4.11. The Morgan fingerprint density at radius 3 is 2.41 bits per heavy atom. The Balaban J connectivity index is 2.01. The number of aryl methyl sites for hydroxylation is 1. The number of aliphatic hydroxyl groups excluding tert-OH is 1. The minimum atomic E-state index is -1.18. The van der Waals surface area contributed by atoms with Crippen molar-refractivity contribution in [1.82, 2.24) is 14.7 Å². The molecule has 1 heterocycles. The largest absolute Gasteiger partial charge is 0.469 e. The molecule has 1 N–H and O–H groups in total. The highest BCUT2D eigenvalue weighted by Crippen LogP contribution is 2.29. The Labute approximate surface area is 227 Å². The fraction of sp³-hybridized carbons (Fsp3) is 0.333. The molecule has 0 saturated carbocycles. The maximum absolute atomic E-state index is 13.7. The number of ketones is 1. The third-order valence-corrected chi connectivity index (χ3v) is 6.31. The van der Waals surface area contributed by atoms with Crippen LogP contribution in [0, 0.1) is 12.7 Å². The zero-order valence-corrected chi connectivity index (χ0v) is 22.8. The first kappa shape index (κ1) is 29.4. The van der Waals surface area contributed by atoms with Gasteiger partial charge in [-0.25, -0.2) is 9.07 Å². The van der Waals surface area contributed by atoms with Crippen LogP contribution in [0.25, 0.3) is 11.8 Å². The number of aromatic nitrogens is 2. The van der Waals surface area contributed by atoms with E-state index in [0.29, 0.717) is 23.5 Å². The molecular formula is C30H34FN3O5. The van der Waals surface area contributed by atoms with Crippen molar-refractivity contribution in [2.75, 3.05) is 14.2 Å². The zero-order chi connectivity index (χ0) is 28.7. The summed E-state index contributed by atoms with van der Waals surface area (Å²) in [5, 5.41) is 15.1. The normalized spacial score (nSPS) is 12.1. The van der Waals surface area contributed by atoms with E-state index < -0.39 is 30.1 Å². The van der Waals surface area contributed by atoms with Crippen LogP contribution in [-0.4, -0.2) is 57.7 Å². The molecule has 0 aliphatic carbocycles. The molecule has 0 unspecified atom stereocenters. The minimum absolute atomic E-state index is 0.136. The van der Waals surface area contributed by atoms with Crippen LogP contribution in [0.2, 0.25) is 0 Å². The van der Waals surface area contributed by atoms with Gasteiger partial charge in [0.25, 0.3) is 5.91 Å². The zero-order valence-electron chi connectivity index (χ0n) is 22.8. The van der Waals surface area contributed by atoms with Crippen LogP contribution in [-0.2, 0) is 20.9 Å². The third-order valence-electron chi connectivity index (χ3n) is 6.31. The molecule has 0 radical (unpaired) electrons. The summed E-state index contributed by atoms with van der Waals surface area (Å²) in [4.78, 5) is 38.7. The minimum Gasteiger partial charge on any atom is -0.469 e. The molecule has 1 atom stereocenters. The summed E-state index contributed by atoms with van der Waals surface area (Å²) >= 11 is 0. The number of benzene rings is 2. The van der Waals surface area contributed by atoms with Crippen LogP contribution in [0.15, 0.2) is 54.6 Å². The Morgan fingerprint density at radius 2 is 1.79 bits per heavy atom. The van der Waals surface area contributed by atoms with Crippen LogP contribution in [0.4, 0.5) is 4.39 Å². The van der Waals surface area contributed by atoms with Gasteiger partial charge in [-0.05, 0) is 54.3 Å². The number of halogens is 1. The number of methoxy groups -OCH3 is 1. The Kier molecular flexibility index (Phi) is 9.89. The van der Waals surface area contributed by atoms with E-state index in [0.717, 1.165) is 11.1 Å². The first-order valence-corrected chi connectivity index (χ1v) is 12.6. The molecule has 0 saturated heterocycles. The van der Waals surface area contributed by atoms with Gasteiger partial charge in [-0.2, -0.15) is 5.10 Å². The number of hydrogen-bond acceptors (Lipinski definition) is 6. The standard InChI is InChI=1S/C30H34FN3O5/c1-19(2)28-26(15-14-24(35)16-25(36)17-27(37)39-5)34(23-12-10-22(31)11-13-23)32-29(28)30(38)33(4)18-21-9-7-6-8-20(21)3/h6-15,19,24,35H,16-18H2,1-5H3/t24-/m1/s1. The maximum atomic E-state index is 13.7. The molecule has 39 heavy (non-hydrogen) atoms. The lowest BCUT2D eigenvalue weighted by Gasteiger charge is -2.19. The molecule has 0 fully saturated rings. The van der Waals surface area contributed by atoms with E-state index in [2.05, 4.69) is 9.84 Å². The highest BCUT2D eigenvalue weighted by Gasteiger charge is 2.27. The van der Waals surface area contributed by atoms with Crippen molar-refractivity contribution < 1.29 is 28.6 Å². The highest BCUT2D eigenvalue weighted by molar-refractivity contribution is 5.96. The van der Waals surface area contributed by atoms with Crippen molar-refractivity contribution in [1.29, 1.82) is 0 Å². The SMILES string of the molecule is COC(=O)CC(=O)C[C@H](O)C=Cc1c(C(C)C)c(C(=O)N(C)Cc2ccccc2C)nn1-c1ccc(F)cc1. The fourth-order valence-electron chi connectivity index (χ4n) is 4.21. The van der Waals surface area contributed by atoms with Crippen LogP contribution in [0.1, 0.15) is 65.5 Å². The van der Waals surface area contributed by atoms with Crippen molar-refractivity contribution in [2.24, 2.45) is 0 Å². The highest BCUT2D eigenvalue weighted by atomic mass is 19.1. The quantitative estimate of drug-likeness (QED) is 0.284. The number of ether oxygens (including phenoxy) is 1. The van der Waals surface area contributed by atoms with Gasteiger partial charge < -0.3 is 14.7 Å². The number of hydrogen-bond donors (Lipinski definition) is 1. The summed E-state index contributed by atoms with van der Waals surface area (Å²) in [7, 11) is 2.90. The van der Waals surface area contributed by atoms with Crippen molar-refractivity contribution in [3.63, 3.8) is 0 Å². The molecular weight excluding hydrogens is 501 g/mol. The van der Waals surface area contributed by atoms with Crippen molar-refractivity contribution in [2.45, 2.75) is 52.2 Å². The lowest BCUT2D eigenvalue weighted by molar-refractivity contribution is -0.143. The average molecular weight is 536 g/mol. The molecule has 9 heteroatoms. The molecule has 1 aromatic heterocycles. The monoisotopic (exact) mass is 535 g/mol. The van der Waals surface area contributed by atoms with E-state index in [1.165, 1.54) is 30.0 Å². The summed E-state index contributed by atoms with van der Waals surface area (Å²) in [6, 6.07) is 13.5. The fourth-order valence-corrected chi connectivity index (χ4v) is 4.21. The topological polar surface area (TPSA) is 102 Å². The van der Waals surface area contributed by atoms with Crippen LogP contribution >= 0.6 is 0 Å². The van der Waals surface area contributed by atoms with E-state index in [1.54, 1.807) is 30.2 Å². The summed E-state index contributed by atoms with van der Waals surface area (Å²) in [5.41, 5.74) is 4.00. The second-order valence-corrected chi connectivity index (χ2v) is 9.70. The molecule has 1 amide bonds. The number of rotatable bonds is 11. The number of Topliss-reactive ketones (excluding diaryl/α,β-unsaturated/α-hetero) is 1. The van der Waals surface area contributed by atoms with E-state index in [9.17, 15) is 23.9 Å². The molecule has 3 rings (SSSR count). The first-order chi connectivity index (χ1) is 18.5. The van der Waals surface area contributed by atoms with Gasteiger partial charge in [-0.15, -0.1) is 0 Å². The maximum Gasteiger partial charge on any atom is 0.313 e. The molecule has 0 aliphatic heterocycles. The number of aliphatic hydroxyl groups is 1. The van der Waals surface area contributed by atoms with Crippen LogP contribution in [0.3, 0.4) is 0 Å². The summed E-state index contributed by atoms with van der Waals surface area (Å²) in [5.74, 6) is -1.98. The molecule has 8 nitrogen and oxygen atoms in total. The lowest BCUT2D eigenvalue weighted by atomic mass is 9.98. The summed E-state index contributed by atoms with van der Waals surface area (Å²) < 4.78 is 19.7. The van der Waals surface area contributed by atoms with E-state index in [-0.39, 0.29) is 23.9 Å². The molecule has 0 spiro atoms. The first-order valence-electron chi connectivity index (χ1n) is 12.6. The van der Waals surface area contributed by atoms with Gasteiger partial charge in [0.05, 0.1) is 24.6 Å². The molecule has 3 aromatic rings. The third kappa shape index (κ3) is 7.48. The molecule has 0 bridgehead atoms. The second-order valence-electron chi connectivity index (χ2n) is 9.70. The van der Waals surface area contributed by atoms with E-state index in [4.69, 9.17) is 0 Å². The molecule has 206 valence electrons.